The summed E-state index contributed by atoms with van der Waals surface area (Å²) in [4.78, 5) is 12.1. The lowest BCUT2D eigenvalue weighted by Crippen LogP contribution is -2.30. The van der Waals surface area contributed by atoms with Crippen LogP contribution in [0.4, 0.5) is 0 Å². The number of hydrogen-bond acceptors (Lipinski definition) is 1. The zero-order chi connectivity index (χ0) is 14.7. The van der Waals surface area contributed by atoms with E-state index < -0.39 is 0 Å². The molecule has 1 saturated heterocycles. The van der Waals surface area contributed by atoms with Gasteiger partial charge in [-0.2, -0.15) is 0 Å². The highest BCUT2D eigenvalue weighted by Crippen LogP contribution is 2.47. The molecule has 1 heterocycles. The SMILES string of the molecule is CCC1(Cc2ccccc2)CC(=O)NC1c1ccccc1. The van der Waals surface area contributed by atoms with Gasteiger partial charge in [0.2, 0.25) is 5.91 Å². The predicted octanol–water partition coefficient (Wildman–Crippen LogP) is 3.89. The number of benzene rings is 2. The van der Waals surface area contributed by atoms with Gasteiger partial charge in [0.05, 0.1) is 6.04 Å². The van der Waals surface area contributed by atoms with Crippen LogP contribution in [0.25, 0.3) is 0 Å². The lowest BCUT2D eigenvalue weighted by Gasteiger charge is -2.34. The van der Waals surface area contributed by atoms with E-state index in [4.69, 9.17) is 0 Å². The van der Waals surface area contributed by atoms with Crippen molar-refractivity contribution in [3.05, 3.63) is 71.8 Å². The minimum absolute atomic E-state index is 0.0280. The first-order chi connectivity index (χ1) is 10.2. The van der Waals surface area contributed by atoms with Crippen molar-refractivity contribution >= 4 is 5.91 Å². The van der Waals surface area contributed by atoms with Crippen molar-refractivity contribution in [1.82, 2.24) is 5.32 Å². The van der Waals surface area contributed by atoms with Crippen LogP contribution >= 0.6 is 0 Å². The van der Waals surface area contributed by atoms with E-state index in [1.54, 1.807) is 0 Å². The summed E-state index contributed by atoms with van der Waals surface area (Å²) in [6.45, 7) is 2.19. The molecule has 0 bridgehead atoms. The molecule has 2 nitrogen and oxygen atoms in total. The van der Waals surface area contributed by atoms with Gasteiger partial charge in [0.25, 0.3) is 0 Å². The quantitative estimate of drug-likeness (QED) is 0.904. The molecule has 2 aromatic rings. The van der Waals surface area contributed by atoms with E-state index >= 15 is 0 Å². The highest BCUT2D eigenvalue weighted by molar-refractivity contribution is 5.80. The Morgan fingerprint density at radius 1 is 1.05 bits per heavy atom. The highest BCUT2D eigenvalue weighted by atomic mass is 16.2. The third kappa shape index (κ3) is 2.71. The van der Waals surface area contributed by atoms with Crippen LogP contribution in [0.2, 0.25) is 0 Å². The molecule has 0 saturated carbocycles. The molecule has 0 aromatic heterocycles. The van der Waals surface area contributed by atoms with Crippen LogP contribution < -0.4 is 5.32 Å². The molecule has 0 radical (unpaired) electrons. The van der Waals surface area contributed by atoms with E-state index in [1.165, 1.54) is 11.1 Å². The Balaban J connectivity index is 1.96. The number of carbonyl (C=O) groups excluding carboxylic acids is 1. The molecule has 1 aliphatic heterocycles. The number of nitrogens with one attached hydrogen (secondary N) is 1. The van der Waals surface area contributed by atoms with Crippen LogP contribution in [0.1, 0.15) is 36.9 Å². The first-order valence-corrected chi connectivity index (χ1v) is 7.62. The van der Waals surface area contributed by atoms with Crippen LogP contribution in [0, 0.1) is 5.41 Å². The lowest BCUT2D eigenvalue weighted by atomic mass is 9.71. The summed E-state index contributed by atoms with van der Waals surface area (Å²) in [5.41, 5.74) is 2.48. The maximum Gasteiger partial charge on any atom is 0.221 e. The predicted molar refractivity (Wildman–Crippen MR) is 84.8 cm³/mol. The Bertz CT molecular complexity index is 608. The Morgan fingerprint density at radius 3 is 2.29 bits per heavy atom. The first kappa shape index (κ1) is 13.9. The second kappa shape index (κ2) is 5.72. The third-order valence-corrected chi connectivity index (χ3v) is 4.67. The monoisotopic (exact) mass is 279 g/mol. The maximum absolute atomic E-state index is 12.1. The van der Waals surface area contributed by atoms with E-state index in [0.29, 0.717) is 6.42 Å². The van der Waals surface area contributed by atoms with Crippen molar-refractivity contribution < 1.29 is 4.79 Å². The number of hydrogen-bond donors (Lipinski definition) is 1. The van der Waals surface area contributed by atoms with Crippen LogP contribution in [0.5, 0.6) is 0 Å². The molecule has 2 aromatic carbocycles. The second-order valence-electron chi connectivity index (χ2n) is 5.97. The summed E-state index contributed by atoms with van der Waals surface area (Å²) in [6, 6.07) is 20.9. The van der Waals surface area contributed by atoms with E-state index in [1.807, 2.05) is 24.3 Å². The van der Waals surface area contributed by atoms with E-state index in [-0.39, 0.29) is 17.4 Å². The van der Waals surface area contributed by atoms with Crippen molar-refractivity contribution in [2.75, 3.05) is 0 Å². The van der Waals surface area contributed by atoms with Crippen LogP contribution in [0.15, 0.2) is 60.7 Å². The molecule has 21 heavy (non-hydrogen) atoms. The number of rotatable bonds is 4. The van der Waals surface area contributed by atoms with Gasteiger partial charge in [-0.05, 0) is 24.0 Å². The van der Waals surface area contributed by atoms with Crippen molar-refractivity contribution in [3.63, 3.8) is 0 Å². The second-order valence-corrected chi connectivity index (χ2v) is 5.97. The summed E-state index contributed by atoms with van der Waals surface area (Å²) < 4.78 is 0. The summed E-state index contributed by atoms with van der Waals surface area (Å²) >= 11 is 0. The molecular weight excluding hydrogens is 258 g/mol. The molecule has 3 rings (SSSR count). The Hall–Kier alpha value is -2.09. The molecule has 2 unspecified atom stereocenters. The van der Waals surface area contributed by atoms with Gasteiger partial charge in [0.15, 0.2) is 0 Å². The zero-order valence-corrected chi connectivity index (χ0v) is 12.4. The Kier molecular flexibility index (Phi) is 3.78. The van der Waals surface area contributed by atoms with Gasteiger partial charge in [-0.15, -0.1) is 0 Å². The fourth-order valence-electron chi connectivity index (χ4n) is 3.49. The molecule has 0 spiro atoms. The topological polar surface area (TPSA) is 29.1 Å². The van der Waals surface area contributed by atoms with Gasteiger partial charge in [0, 0.05) is 11.8 Å². The van der Waals surface area contributed by atoms with Crippen molar-refractivity contribution in [3.8, 4) is 0 Å². The molecule has 1 aliphatic rings. The first-order valence-electron chi connectivity index (χ1n) is 7.62. The summed E-state index contributed by atoms with van der Waals surface area (Å²) in [6.07, 6.45) is 2.53. The molecule has 1 fully saturated rings. The fraction of sp³-hybridized carbons (Fsp3) is 0.316. The molecular formula is C19H21NO. The average Bonchev–Trinajstić information content (AvgIpc) is 2.86. The molecule has 2 heteroatoms. The minimum atomic E-state index is -0.0280. The van der Waals surface area contributed by atoms with Crippen molar-refractivity contribution in [2.45, 2.75) is 32.2 Å². The number of amides is 1. The number of carbonyl (C=O) groups is 1. The smallest absolute Gasteiger partial charge is 0.221 e. The summed E-state index contributed by atoms with van der Waals surface area (Å²) in [7, 11) is 0. The molecule has 1 amide bonds. The van der Waals surface area contributed by atoms with E-state index in [0.717, 1.165) is 12.8 Å². The minimum Gasteiger partial charge on any atom is -0.349 e. The highest BCUT2D eigenvalue weighted by Gasteiger charge is 2.46. The molecule has 108 valence electrons. The largest absolute Gasteiger partial charge is 0.349 e. The summed E-state index contributed by atoms with van der Waals surface area (Å²) in [5, 5.41) is 3.19. The van der Waals surface area contributed by atoms with Gasteiger partial charge in [0.1, 0.15) is 0 Å². The van der Waals surface area contributed by atoms with Gasteiger partial charge < -0.3 is 5.32 Å². The van der Waals surface area contributed by atoms with Crippen molar-refractivity contribution in [1.29, 1.82) is 0 Å². The fourth-order valence-corrected chi connectivity index (χ4v) is 3.49. The van der Waals surface area contributed by atoms with Gasteiger partial charge in [-0.25, -0.2) is 0 Å². The van der Waals surface area contributed by atoms with Crippen LogP contribution in [-0.4, -0.2) is 5.91 Å². The van der Waals surface area contributed by atoms with E-state index in [9.17, 15) is 4.79 Å². The molecule has 1 N–H and O–H groups in total. The van der Waals surface area contributed by atoms with Crippen molar-refractivity contribution in [2.24, 2.45) is 5.41 Å². The maximum atomic E-state index is 12.1. The Labute approximate surface area is 126 Å². The van der Waals surface area contributed by atoms with Gasteiger partial charge in [-0.1, -0.05) is 67.6 Å². The lowest BCUT2D eigenvalue weighted by molar-refractivity contribution is -0.119. The third-order valence-electron chi connectivity index (χ3n) is 4.67. The average molecular weight is 279 g/mol. The van der Waals surface area contributed by atoms with E-state index in [2.05, 4.69) is 48.6 Å². The summed E-state index contributed by atoms with van der Waals surface area (Å²) in [5.74, 6) is 0.168. The standard InChI is InChI=1S/C19H21NO/c1-2-19(13-15-9-5-3-6-10-15)14-17(21)20-18(19)16-11-7-4-8-12-16/h3-12,18H,2,13-14H2,1H3,(H,20,21). The van der Waals surface area contributed by atoms with Gasteiger partial charge in [-0.3, -0.25) is 4.79 Å². The van der Waals surface area contributed by atoms with Crippen LogP contribution in [-0.2, 0) is 11.2 Å². The zero-order valence-electron chi connectivity index (χ0n) is 12.4. The molecule has 0 aliphatic carbocycles. The van der Waals surface area contributed by atoms with Crippen LogP contribution in [0.3, 0.4) is 0 Å². The molecule has 2 atom stereocenters. The normalized spacial score (nSPS) is 24.8. The Morgan fingerprint density at radius 2 is 1.67 bits per heavy atom. The van der Waals surface area contributed by atoms with Gasteiger partial charge >= 0.3 is 0 Å².